The van der Waals surface area contributed by atoms with Crippen molar-refractivity contribution in [3.05, 3.63) is 42.2 Å². The van der Waals surface area contributed by atoms with Crippen LogP contribution in [-0.2, 0) is 6.54 Å². The molecule has 0 aromatic heterocycles. The molecule has 0 bridgehead atoms. The Balaban J connectivity index is 2.99. The third-order valence-electron chi connectivity index (χ3n) is 1.53. The lowest BCUT2D eigenvalue weighted by Gasteiger charge is -2.00. The van der Waals surface area contributed by atoms with Gasteiger partial charge in [0, 0.05) is 5.56 Å². The van der Waals surface area contributed by atoms with Crippen LogP contribution in [0.25, 0.3) is 0 Å². The first kappa shape index (κ1) is 8.69. The number of nitrogens with zero attached hydrogens (tertiary/aromatic N) is 1. The molecule has 0 fully saturated rings. The van der Waals surface area contributed by atoms with Crippen LogP contribution < -0.4 is 5.32 Å². The number of quaternary nitrogens is 1. The molecule has 0 aliphatic rings. The summed E-state index contributed by atoms with van der Waals surface area (Å²) in [5, 5.41) is 10.2. The zero-order valence-electron chi connectivity index (χ0n) is 6.55. The molecule has 0 unspecified atom stereocenters. The molecule has 1 aromatic rings. The van der Waals surface area contributed by atoms with E-state index >= 15 is 0 Å². The second-order valence-electron chi connectivity index (χ2n) is 2.42. The second-order valence-corrected chi connectivity index (χ2v) is 2.42. The third kappa shape index (κ3) is 1.80. The molecule has 0 aliphatic heterocycles. The largest absolute Gasteiger partial charge is 0.475 e. The van der Waals surface area contributed by atoms with Crippen LogP contribution in [0.4, 0.5) is 4.39 Å². The van der Waals surface area contributed by atoms with Gasteiger partial charge >= 0.3 is 0 Å². The number of hydrogen-bond donors (Lipinski definition) is 1. The summed E-state index contributed by atoms with van der Waals surface area (Å²) in [6.07, 6.45) is 0. The summed E-state index contributed by atoms with van der Waals surface area (Å²) >= 11 is 0. The van der Waals surface area contributed by atoms with Crippen molar-refractivity contribution in [2.45, 2.75) is 6.54 Å². The van der Waals surface area contributed by atoms with Crippen LogP contribution in [-0.4, -0.2) is 0 Å². The van der Waals surface area contributed by atoms with Gasteiger partial charge < -0.3 is 5.32 Å². The lowest BCUT2D eigenvalue weighted by molar-refractivity contribution is -0.612. The number of halogens is 1. The fourth-order valence-corrected chi connectivity index (χ4v) is 0.952. The van der Waals surface area contributed by atoms with Crippen molar-refractivity contribution in [2.75, 3.05) is 0 Å². The van der Waals surface area contributed by atoms with E-state index in [4.69, 9.17) is 5.26 Å². The average molecular weight is 164 g/mol. The van der Waals surface area contributed by atoms with Crippen molar-refractivity contribution < 1.29 is 9.71 Å². The average Bonchev–Trinajstić information content (AvgIpc) is 2.09. The van der Waals surface area contributed by atoms with Crippen LogP contribution in [0, 0.1) is 24.2 Å². The summed E-state index contributed by atoms with van der Waals surface area (Å²) in [4.78, 5) is 0. The van der Waals surface area contributed by atoms with E-state index in [9.17, 15) is 4.39 Å². The SMILES string of the molecule is [CH2-][NH2+]Cc1ccc(F)c(C#N)c1. The second kappa shape index (κ2) is 3.84. The summed E-state index contributed by atoms with van der Waals surface area (Å²) in [5.74, 6) is -0.467. The maximum Gasteiger partial charge on any atom is 0.140 e. The number of nitrogens with two attached hydrogens (primary N) is 1. The summed E-state index contributed by atoms with van der Waals surface area (Å²) in [7, 11) is 3.56. The van der Waals surface area contributed by atoms with Crippen LogP contribution >= 0.6 is 0 Å². The summed E-state index contributed by atoms with van der Waals surface area (Å²) in [6.45, 7) is 0.662. The molecule has 0 spiro atoms. The highest BCUT2D eigenvalue weighted by molar-refractivity contribution is 5.33. The molecule has 0 heterocycles. The van der Waals surface area contributed by atoms with Gasteiger partial charge in [-0.15, -0.1) is 0 Å². The predicted molar refractivity (Wildman–Crippen MR) is 42.1 cm³/mol. The van der Waals surface area contributed by atoms with Crippen LogP contribution in [0.2, 0.25) is 0 Å². The Labute approximate surface area is 70.6 Å². The van der Waals surface area contributed by atoms with Crippen molar-refractivity contribution in [2.24, 2.45) is 0 Å². The first-order valence-corrected chi connectivity index (χ1v) is 3.57. The topological polar surface area (TPSA) is 40.4 Å². The van der Waals surface area contributed by atoms with Crippen LogP contribution in [0.1, 0.15) is 11.1 Å². The van der Waals surface area contributed by atoms with E-state index in [1.165, 1.54) is 12.1 Å². The highest BCUT2D eigenvalue weighted by Gasteiger charge is 2.01. The zero-order chi connectivity index (χ0) is 8.97. The molecule has 2 nitrogen and oxygen atoms in total. The van der Waals surface area contributed by atoms with Crippen LogP contribution in [0.15, 0.2) is 18.2 Å². The standard InChI is InChI=1S/C9H9FN2/c1-12-6-7-2-3-9(10)8(4-7)5-11/h2-4H,1,6,12H2. The number of rotatable bonds is 2. The summed E-state index contributed by atoms with van der Waals surface area (Å²) < 4.78 is 12.8. The Kier molecular flexibility index (Phi) is 2.78. The van der Waals surface area contributed by atoms with Crippen LogP contribution in [0.5, 0.6) is 0 Å². The Morgan fingerprint density at radius 2 is 2.33 bits per heavy atom. The number of nitriles is 1. The first-order chi connectivity index (χ1) is 5.77. The Bertz CT molecular complexity index is 315. The van der Waals surface area contributed by atoms with Gasteiger partial charge in [0.25, 0.3) is 0 Å². The van der Waals surface area contributed by atoms with Gasteiger partial charge in [0.05, 0.1) is 12.1 Å². The van der Waals surface area contributed by atoms with E-state index in [2.05, 4.69) is 7.05 Å². The van der Waals surface area contributed by atoms with Gasteiger partial charge in [-0.2, -0.15) is 12.3 Å². The Hall–Kier alpha value is -1.40. The fraction of sp³-hybridized carbons (Fsp3) is 0.111. The summed E-state index contributed by atoms with van der Waals surface area (Å²) in [5.41, 5.74) is 0.998. The zero-order valence-corrected chi connectivity index (χ0v) is 6.55. The van der Waals surface area contributed by atoms with E-state index < -0.39 is 5.82 Å². The van der Waals surface area contributed by atoms with Crippen molar-refractivity contribution in [1.29, 1.82) is 5.26 Å². The Morgan fingerprint density at radius 3 is 2.92 bits per heavy atom. The molecule has 3 heteroatoms. The molecule has 0 aliphatic carbocycles. The normalized spacial score (nSPS) is 9.42. The summed E-state index contributed by atoms with van der Waals surface area (Å²) in [6, 6.07) is 6.28. The highest BCUT2D eigenvalue weighted by atomic mass is 19.1. The molecule has 0 saturated carbocycles. The van der Waals surface area contributed by atoms with E-state index in [-0.39, 0.29) is 5.56 Å². The maximum atomic E-state index is 12.8. The molecule has 1 rings (SSSR count). The molecule has 0 amide bonds. The minimum atomic E-state index is -0.467. The minimum absolute atomic E-state index is 0.0920. The van der Waals surface area contributed by atoms with Gasteiger partial charge in [-0.3, -0.25) is 0 Å². The van der Waals surface area contributed by atoms with Crippen molar-refractivity contribution in [1.82, 2.24) is 0 Å². The van der Waals surface area contributed by atoms with Gasteiger partial charge in [0.2, 0.25) is 0 Å². The highest BCUT2D eigenvalue weighted by Crippen LogP contribution is 2.08. The molecule has 62 valence electrons. The van der Waals surface area contributed by atoms with Gasteiger partial charge in [-0.25, -0.2) is 4.39 Å². The van der Waals surface area contributed by atoms with Crippen molar-refractivity contribution in [3.8, 4) is 6.07 Å². The molecular formula is C9H9FN2. The lowest BCUT2D eigenvalue weighted by Crippen LogP contribution is -2.74. The van der Waals surface area contributed by atoms with Gasteiger partial charge in [-0.1, -0.05) is 6.07 Å². The van der Waals surface area contributed by atoms with E-state index in [0.29, 0.717) is 6.54 Å². The van der Waals surface area contributed by atoms with Crippen LogP contribution in [0.3, 0.4) is 0 Å². The Morgan fingerprint density at radius 1 is 1.58 bits per heavy atom. The molecule has 0 saturated heterocycles. The molecule has 0 radical (unpaired) electrons. The lowest BCUT2D eigenvalue weighted by atomic mass is 10.1. The van der Waals surface area contributed by atoms with Crippen molar-refractivity contribution in [3.63, 3.8) is 0 Å². The molecule has 0 atom stereocenters. The van der Waals surface area contributed by atoms with Gasteiger partial charge in [-0.05, 0) is 12.1 Å². The number of benzene rings is 1. The maximum absolute atomic E-state index is 12.8. The molecule has 12 heavy (non-hydrogen) atoms. The monoisotopic (exact) mass is 164 g/mol. The third-order valence-corrected chi connectivity index (χ3v) is 1.53. The molecule has 1 aromatic carbocycles. The van der Waals surface area contributed by atoms with Gasteiger partial charge in [0.1, 0.15) is 11.9 Å². The van der Waals surface area contributed by atoms with Crippen molar-refractivity contribution >= 4 is 0 Å². The first-order valence-electron chi connectivity index (χ1n) is 3.57. The van der Waals surface area contributed by atoms with Gasteiger partial charge in [0.15, 0.2) is 0 Å². The quantitative estimate of drug-likeness (QED) is 0.637. The minimum Gasteiger partial charge on any atom is -0.475 e. The fourth-order valence-electron chi connectivity index (χ4n) is 0.952. The number of hydrogen-bond acceptors (Lipinski definition) is 1. The smallest absolute Gasteiger partial charge is 0.140 e. The van der Waals surface area contributed by atoms with E-state index in [0.717, 1.165) is 5.56 Å². The molecule has 2 N–H and O–H groups in total. The molecular weight excluding hydrogens is 155 g/mol. The van der Waals surface area contributed by atoms with E-state index in [1.807, 2.05) is 0 Å². The predicted octanol–water partition coefficient (Wildman–Crippen LogP) is 0.552. The van der Waals surface area contributed by atoms with E-state index in [1.54, 1.807) is 17.5 Å².